The Labute approximate surface area is 185 Å². The van der Waals surface area contributed by atoms with Crippen LogP contribution in [0.15, 0.2) is 47.6 Å². The van der Waals surface area contributed by atoms with E-state index in [1.54, 1.807) is 12.1 Å². The van der Waals surface area contributed by atoms with Gasteiger partial charge >= 0.3 is 0 Å². The first-order chi connectivity index (χ1) is 14.0. The van der Waals surface area contributed by atoms with Crippen LogP contribution in [-0.2, 0) is 4.79 Å². The Hall–Kier alpha value is -1.75. The lowest BCUT2D eigenvalue weighted by molar-refractivity contribution is -0.115. The predicted molar refractivity (Wildman–Crippen MR) is 120 cm³/mol. The van der Waals surface area contributed by atoms with Crippen molar-refractivity contribution < 1.29 is 4.79 Å². The molecule has 3 atom stereocenters. The zero-order valence-electron chi connectivity index (χ0n) is 16.0. The van der Waals surface area contributed by atoms with E-state index in [0.717, 1.165) is 24.8 Å². The molecular weight excluding hydrogens is 429 g/mol. The van der Waals surface area contributed by atoms with Gasteiger partial charge in [0, 0.05) is 22.5 Å². The Morgan fingerprint density at radius 1 is 1.14 bits per heavy atom. The summed E-state index contributed by atoms with van der Waals surface area (Å²) in [5.41, 5.74) is 2.24. The fraction of sp³-hybridized carbons (Fsp3) is 0.364. The smallest absolute Gasteiger partial charge is 0.267 e. The van der Waals surface area contributed by atoms with Gasteiger partial charge in [-0.25, -0.2) is 0 Å². The molecule has 1 heterocycles. The number of amides is 1. The van der Waals surface area contributed by atoms with Crippen LogP contribution >= 0.6 is 34.8 Å². The van der Waals surface area contributed by atoms with Gasteiger partial charge in [-0.3, -0.25) is 9.80 Å². The van der Waals surface area contributed by atoms with Crippen LogP contribution in [0.4, 0.5) is 5.69 Å². The average Bonchev–Trinajstić information content (AvgIpc) is 3.25. The molecule has 7 heteroatoms. The van der Waals surface area contributed by atoms with E-state index in [9.17, 15) is 4.79 Å². The Kier molecular flexibility index (Phi) is 6.05. The molecule has 1 N–H and O–H groups in total. The quantitative estimate of drug-likeness (QED) is 0.564. The molecule has 0 bridgehead atoms. The Morgan fingerprint density at radius 2 is 1.86 bits per heavy atom. The lowest BCUT2D eigenvalue weighted by Crippen LogP contribution is -2.33. The van der Waals surface area contributed by atoms with Gasteiger partial charge in [-0.2, -0.15) is 5.10 Å². The highest BCUT2D eigenvalue weighted by atomic mass is 35.5. The highest BCUT2D eigenvalue weighted by molar-refractivity contribution is 6.40. The molecule has 29 heavy (non-hydrogen) atoms. The lowest BCUT2D eigenvalue weighted by atomic mass is 10.0. The van der Waals surface area contributed by atoms with E-state index in [2.05, 4.69) is 17.3 Å². The van der Waals surface area contributed by atoms with Crippen molar-refractivity contribution in [1.82, 2.24) is 5.32 Å². The second-order valence-electron chi connectivity index (χ2n) is 7.62. The van der Waals surface area contributed by atoms with Gasteiger partial charge in [-0.15, -0.1) is 0 Å². The van der Waals surface area contributed by atoms with Crippen LogP contribution in [0.25, 0.3) is 0 Å². The molecular formula is C22H22Cl3N3O. The number of rotatable bonds is 6. The van der Waals surface area contributed by atoms with Crippen molar-refractivity contribution in [3.63, 3.8) is 0 Å². The molecule has 1 amide bonds. The summed E-state index contributed by atoms with van der Waals surface area (Å²) >= 11 is 18.6. The molecule has 1 fully saturated rings. The molecule has 152 valence electrons. The topological polar surface area (TPSA) is 44.7 Å². The molecule has 1 aliphatic heterocycles. The van der Waals surface area contributed by atoms with Crippen LogP contribution in [0.2, 0.25) is 15.1 Å². The maximum atomic E-state index is 12.8. The number of hydrogen-bond acceptors (Lipinski definition) is 3. The number of carbonyl (C=O) groups excluding carboxylic acids is 1. The van der Waals surface area contributed by atoms with Gasteiger partial charge in [0.1, 0.15) is 5.71 Å². The van der Waals surface area contributed by atoms with Crippen molar-refractivity contribution in [2.75, 3.05) is 5.01 Å². The maximum Gasteiger partial charge on any atom is 0.267 e. The second-order valence-corrected chi connectivity index (χ2v) is 8.90. The SMILES string of the molecule is CCCC1CC1NC(=O)C1=NN(c2ccc(Cl)cc2Cl)C(c2ccc(Cl)cc2)C1. The first kappa shape index (κ1) is 20.5. The number of halogens is 3. The predicted octanol–water partition coefficient (Wildman–Crippen LogP) is 6.26. The second kappa shape index (κ2) is 8.55. The summed E-state index contributed by atoms with van der Waals surface area (Å²) in [6.07, 6.45) is 3.84. The molecule has 2 aliphatic rings. The van der Waals surface area contributed by atoms with Gasteiger partial charge in [0.05, 0.1) is 16.8 Å². The summed E-state index contributed by atoms with van der Waals surface area (Å²) < 4.78 is 0. The molecule has 2 aromatic carbocycles. The number of nitrogens with zero attached hydrogens (tertiary/aromatic N) is 2. The van der Waals surface area contributed by atoms with Crippen LogP contribution in [0, 0.1) is 5.92 Å². The van der Waals surface area contributed by atoms with Crippen molar-refractivity contribution in [3.05, 3.63) is 63.1 Å². The zero-order chi connectivity index (χ0) is 20.5. The zero-order valence-corrected chi connectivity index (χ0v) is 18.3. The first-order valence-electron chi connectivity index (χ1n) is 9.84. The van der Waals surface area contributed by atoms with E-state index < -0.39 is 0 Å². The highest BCUT2D eigenvalue weighted by Crippen LogP contribution is 2.40. The number of carbonyl (C=O) groups is 1. The van der Waals surface area contributed by atoms with Gasteiger partial charge in [0.25, 0.3) is 5.91 Å². The van der Waals surface area contributed by atoms with E-state index in [-0.39, 0.29) is 18.0 Å². The van der Waals surface area contributed by atoms with Crippen LogP contribution in [0.3, 0.4) is 0 Å². The van der Waals surface area contributed by atoms with Gasteiger partial charge in [0.2, 0.25) is 0 Å². The number of anilines is 1. The minimum Gasteiger partial charge on any atom is -0.348 e. The van der Waals surface area contributed by atoms with Gasteiger partial charge in [-0.1, -0.05) is 60.3 Å². The standard InChI is InChI=1S/C22H22Cl3N3O/c1-2-3-14-10-18(14)26-22(29)19-12-21(13-4-6-15(23)7-5-13)28(27-19)20-9-8-16(24)11-17(20)25/h4-9,11,14,18,21H,2-3,10,12H2,1H3,(H,26,29). The Morgan fingerprint density at radius 3 is 2.55 bits per heavy atom. The molecule has 0 aromatic heterocycles. The van der Waals surface area contributed by atoms with Gasteiger partial charge in [0.15, 0.2) is 0 Å². The first-order valence-corrected chi connectivity index (χ1v) is 11.0. The molecule has 2 aromatic rings. The molecule has 0 saturated heterocycles. The van der Waals surface area contributed by atoms with Crippen molar-refractivity contribution in [1.29, 1.82) is 0 Å². The van der Waals surface area contributed by atoms with Gasteiger partial charge < -0.3 is 5.32 Å². The van der Waals surface area contributed by atoms with E-state index in [4.69, 9.17) is 34.8 Å². The van der Waals surface area contributed by atoms with Gasteiger partial charge in [-0.05, 0) is 54.7 Å². The van der Waals surface area contributed by atoms with Crippen molar-refractivity contribution >= 4 is 52.1 Å². The minimum atomic E-state index is -0.141. The van der Waals surface area contributed by atoms with Crippen LogP contribution in [-0.4, -0.2) is 17.7 Å². The number of hydrogen-bond donors (Lipinski definition) is 1. The fourth-order valence-electron chi connectivity index (χ4n) is 3.85. The summed E-state index contributed by atoms with van der Waals surface area (Å²) in [6.45, 7) is 2.17. The van der Waals surface area contributed by atoms with Crippen molar-refractivity contribution in [2.45, 2.75) is 44.7 Å². The normalized spacial score (nSPS) is 23.1. The molecule has 0 spiro atoms. The number of hydrazone groups is 1. The lowest BCUT2D eigenvalue weighted by Gasteiger charge is -2.25. The number of nitrogens with one attached hydrogen (secondary N) is 1. The van der Waals surface area contributed by atoms with Crippen LogP contribution in [0.1, 0.15) is 44.2 Å². The Bertz CT molecular complexity index is 945. The van der Waals surface area contributed by atoms with E-state index >= 15 is 0 Å². The maximum absolute atomic E-state index is 12.8. The molecule has 1 aliphatic carbocycles. The monoisotopic (exact) mass is 449 g/mol. The molecule has 1 saturated carbocycles. The Balaban J connectivity index is 1.60. The summed E-state index contributed by atoms with van der Waals surface area (Å²) in [7, 11) is 0. The third-order valence-corrected chi connectivity index (χ3v) is 6.27. The third kappa shape index (κ3) is 4.55. The molecule has 4 nitrogen and oxygen atoms in total. The van der Waals surface area contributed by atoms with Crippen LogP contribution in [0.5, 0.6) is 0 Å². The van der Waals surface area contributed by atoms with E-state index in [1.165, 1.54) is 0 Å². The molecule has 3 unspecified atom stereocenters. The minimum absolute atomic E-state index is 0.0971. The summed E-state index contributed by atoms with van der Waals surface area (Å²) in [5, 5.41) is 11.3. The van der Waals surface area contributed by atoms with Crippen molar-refractivity contribution in [3.8, 4) is 0 Å². The summed E-state index contributed by atoms with van der Waals surface area (Å²) in [6, 6.07) is 13.0. The largest absolute Gasteiger partial charge is 0.348 e. The summed E-state index contributed by atoms with van der Waals surface area (Å²) in [4.78, 5) is 12.8. The number of benzene rings is 2. The van der Waals surface area contributed by atoms with Crippen LogP contribution < -0.4 is 10.3 Å². The van der Waals surface area contributed by atoms with Crippen molar-refractivity contribution in [2.24, 2.45) is 11.0 Å². The van der Waals surface area contributed by atoms with E-state index in [0.29, 0.717) is 38.8 Å². The molecule has 4 rings (SSSR count). The average molecular weight is 451 g/mol. The summed E-state index contributed by atoms with van der Waals surface area (Å²) in [5.74, 6) is 0.500. The highest BCUT2D eigenvalue weighted by Gasteiger charge is 2.40. The van der Waals surface area contributed by atoms with E-state index in [1.807, 2.05) is 35.3 Å². The fourth-order valence-corrected chi connectivity index (χ4v) is 4.47. The third-order valence-electron chi connectivity index (χ3n) is 5.48. The molecule has 0 radical (unpaired) electrons.